The van der Waals surface area contributed by atoms with Crippen LogP contribution in [0.2, 0.25) is 0 Å². The summed E-state index contributed by atoms with van der Waals surface area (Å²) in [5.74, 6) is 1.23. The highest BCUT2D eigenvalue weighted by atomic mass is 16.3. The zero-order valence-electron chi connectivity index (χ0n) is 10.4. The summed E-state index contributed by atoms with van der Waals surface area (Å²) in [7, 11) is 0. The van der Waals surface area contributed by atoms with Crippen LogP contribution >= 0.6 is 0 Å². The Hall–Kier alpha value is -1.81. The first-order valence-electron chi connectivity index (χ1n) is 5.44. The number of para-hydroxylation sites is 1. The average molecular weight is 233 g/mol. The van der Waals surface area contributed by atoms with Crippen LogP contribution in [0.25, 0.3) is 0 Å². The lowest BCUT2D eigenvalue weighted by atomic mass is 9.95. The third kappa shape index (κ3) is 4.28. The normalized spacial score (nSPS) is 10.6. The third-order valence-electron chi connectivity index (χ3n) is 2.23. The van der Waals surface area contributed by atoms with Gasteiger partial charge in [-0.3, -0.25) is 0 Å². The van der Waals surface area contributed by atoms with Gasteiger partial charge in [-0.15, -0.1) is 0 Å². The van der Waals surface area contributed by atoms with E-state index in [1.54, 1.807) is 24.5 Å². The van der Waals surface area contributed by atoms with Crippen LogP contribution in [0.1, 0.15) is 25.2 Å². The lowest BCUT2D eigenvalue weighted by molar-refractivity contribution is 0.440. The number of hydrogen-bond donors (Lipinski definition) is 3. The van der Waals surface area contributed by atoms with Gasteiger partial charge in [0, 0.05) is 23.5 Å². The largest absolute Gasteiger partial charge is 0.508 e. The standard InChI is InChI=1S/C9H13NO.C4H6N2/c1-9(2,10)7-5-3-4-6-8(7)11;1-4-5-2-3-6-4/h3-6,11H,10H2,1-2H3;2-3H,1H3,(H,5,6). The molecule has 0 radical (unpaired) electrons. The van der Waals surface area contributed by atoms with Crippen molar-refractivity contribution in [2.24, 2.45) is 5.73 Å². The number of phenols is 1. The van der Waals surface area contributed by atoms with Crippen molar-refractivity contribution in [3.63, 3.8) is 0 Å². The molecule has 1 aromatic heterocycles. The molecule has 0 atom stereocenters. The van der Waals surface area contributed by atoms with Gasteiger partial charge < -0.3 is 15.8 Å². The Labute approximate surface area is 102 Å². The summed E-state index contributed by atoms with van der Waals surface area (Å²) in [4.78, 5) is 6.75. The van der Waals surface area contributed by atoms with E-state index >= 15 is 0 Å². The smallest absolute Gasteiger partial charge is 0.120 e. The fourth-order valence-corrected chi connectivity index (χ4v) is 1.36. The van der Waals surface area contributed by atoms with Crippen LogP contribution in [0.5, 0.6) is 5.75 Å². The molecule has 92 valence electrons. The van der Waals surface area contributed by atoms with Crippen LogP contribution in [-0.2, 0) is 5.54 Å². The van der Waals surface area contributed by atoms with E-state index in [0.29, 0.717) is 0 Å². The van der Waals surface area contributed by atoms with Gasteiger partial charge in [0.15, 0.2) is 0 Å². The molecule has 0 fully saturated rings. The molecule has 0 bridgehead atoms. The maximum atomic E-state index is 9.37. The number of aryl methyl sites for hydroxylation is 1. The molecule has 4 heteroatoms. The summed E-state index contributed by atoms with van der Waals surface area (Å²) in [5, 5.41) is 9.37. The molecule has 4 N–H and O–H groups in total. The highest BCUT2D eigenvalue weighted by Crippen LogP contribution is 2.25. The van der Waals surface area contributed by atoms with Gasteiger partial charge in [0.1, 0.15) is 11.6 Å². The van der Waals surface area contributed by atoms with Crippen LogP contribution in [0, 0.1) is 6.92 Å². The second-order valence-corrected chi connectivity index (χ2v) is 4.41. The molecule has 0 aliphatic carbocycles. The molecule has 0 aliphatic heterocycles. The van der Waals surface area contributed by atoms with E-state index in [1.165, 1.54) is 0 Å². The van der Waals surface area contributed by atoms with E-state index < -0.39 is 5.54 Å². The molecule has 1 heterocycles. The Morgan fingerprint density at radius 1 is 1.29 bits per heavy atom. The first-order chi connectivity index (χ1) is 7.91. The molecule has 0 spiro atoms. The Balaban J connectivity index is 0.000000202. The first-order valence-corrected chi connectivity index (χ1v) is 5.44. The maximum Gasteiger partial charge on any atom is 0.120 e. The van der Waals surface area contributed by atoms with Crippen molar-refractivity contribution in [2.45, 2.75) is 26.3 Å². The Kier molecular flexibility index (Phi) is 4.29. The number of hydrogen-bond acceptors (Lipinski definition) is 3. The molecule has 0 amide bonds. The van der Waals surface area contributed by atoms with Gasteiger partial charge in [0.25, 0.3) is 0 Å². The van der Waals surface area contributed by atoms with Gasteiger partial charge in [-0.2, -0.15) is 0 Å². The molecule has 1 aromatic carbocycles. The quantitative estimate of drug-likeness (QED) is 0.707. The number of H-pyrrole nitrogens is 1. The van der Waals surface area contributed by atoms with E-state index in [1.807, 2.05) is 32.9 Å². The van der Waals surface area contributed by atoms with Gasteiger partial charge >= 0.3 is 0 Å². The summed E-state index contributed by atoms with van der Waals surface area (Å²) in [6.45, 7) is 5.64. The minimum atomic E-state index is -0.467. The Morgan fingerprint density at radius 2 is 1.94 bits per heavy atom. The highest BCUT2D eigenvalue weighted by Gasteiger charge is 2.16. The van der Waals surface area contributed by atoms with Crippen molar-refractivity contribution in [3.05, 3.63) is 48.0 Å². The summed E-state index contributed by atoms with van der Waals surface area (Å²) in [6, 6.07) is 7.12. The van der Waals surface area contributed by atoms with Crippen molar-refractivity contribution in [3.8, 4) is 5.75 Å². The zero-order valence-corrected chi connectivity index (χ0v) is 10.4. The van der Waals surface area contributed by atoms with Crippen molar-refractivity contribution in [2.75, 3.05) is 0 Å². The predicted molar refractivity (Wildman–Crippen MR) is 68.6 cm³/mol. The minimum Gasteiger partial charge on any atom is -0.508 e. The van der Waals surface area contributed by atoms with Gasteiger partial charge in [0.2, 0.25) is 0 Å². The van der Waals surface area contributed by atoms with Gasteiger partial charge in [-0.25, -0.2) is 4.98 Å². The monoisotopic (exact) mass is 233 g/mol. The van der Waals surface area contributed by atoms with E-state index in [9.17, 15) is 5.11 Å². The van der Waals surface area contributed by atoms with E-state index in [4.69, 9.17) is 5.73 Å². The number of phenolic OH excluding ortho intramolecular Hbond substituents is 1. The number of nitrogens with one attached hydrogen (secondary N) is 1. The lowest BCUT2D eigenvalue weighted by Crippen LogP contribution is -2.28. The van der Waals surface area contributed by atoms with Gasteiger partial charge in [0.05, 0.1) is 0 Å². The third-order valence-corrected chi connectivity index (χ3v) is 2.23. The molecule has 17 heavy (non-hydrogen) atoms. The zero-order chi connectivity index (χ0) is 12.9. The maximum absolute atomic E-state index is 9.37. The van der Waals surface area contributed by atoms with Crippen molar-refractivity contribution in [1.82, 2.24) is 9.97 Å². The number of aromatic hydroxyl groups is 1. The number of benzene rings is 1. The molecular formula is C13H19N3O. The average Bonchev–Trinajstić information content (AvgIpc) is 2.69. The molecule has 0 aliphatic rings. The van der Waals surface area contributed by atoms with Crippen LogP contribution in [0.4, 0.5) is 0 Å². The second kappa shape index (κ2) is 5.50. The Morgan fingerprint density at radius 3 is 2.24 bits per heavy atom. The molecule has 0 unspecified atom stereocenters. The predicted octanol–water partition coefficient (Wildman–Crippen LogP) is 2.30. The number of aromatic amines is 1. The number of rotatable bonds is 1. The molecule has 2 rings (SSSR count). The van der Waals surface area contributed by atoms with E-state index in [0.717, 1.165) is 11.4 Å². The lowest BCUT2D eigenvalue weighted by Gasteiger charge is -2.19. The highest BCUT2D eigenvalue weighted by molar-refractivity contribution is 5.36. The Bertz CT molecular complexity index is 444. The topological polar surface area (TPSA) is 74.9 Å². The molecule has 2 aromatic rings. The summed E-state index contributed by atoms with van der Waals surface area (Å²) in [6.07, 6.45) is 3.53. The van der Waals surface area contributed by atoms with E-state index in [-0.39, 0.29) is 5.75 Å². The van der Waals surface area contributed by atoms with Gasteiger partial charge in [-0.05, 0) is 26.8 Å². The van der Waals surface area contributed by atoms with Crippen LogP contribution in [-0.4, -0.2) is 15.1 Å². The second-order valence-electron chi connectivity index (χ2n) is 4.41. The molecule has 4 nitrogen and oxygen atoms in total. The number of nitrogens with zero attached hydrogens (tertiary/aromatic N) is 1. The van der Waals surface area contributed by atoms with E-state index in [2.05, 4.69) is 9.97 Å². The molecular weight excluding hydrogens is 214 g/mol. The van der Waals surface area contributed by atoms with Crippen molar-refractivity contribution in [1.29, 1.82) is 0 Å². The summed E-state index contributed by atoms with van der Waals surface area (Å²) in [5.41, 5.74) is 6.11. The van der Waals surface area contributed by atoms with Crippen molar-refractivity contribution >= 4 is 0 Å². The van der Waals surface area contributed by atoms with Crippen molar-refractivity contribution < 1.29 is 5.11 Å². The SMILES string of the molecule is CC(C)(N)c1ccccc1O.Cc1ncc[nH]1. The summed E-state index contributed by atoms with van der Waals surface area (Å²) < 4.78 is 0. The van der Waals surface area contributed by atoms with Crippen LogP contribution in [0.3, 0.4) is 0 Å². The fourth-order valence-electron chi connectivity index (χ4n) is 1.36. The first kappa shape index (κ1) is 13.3. The van der Waals surface area contributed by atoms with Crippen LogP contribution < -0.4 is 5.73 Å². The fraction of sp³-hybridized carbons (Fsp3) is 0.308. The number of imidazole rings is 1. The van der Waals surface area contributed by atoms with Crippen LogP contribution in [0.15, 0.2) is 36.7 Å². The molecule has 0 saturated heterocycles. The summed E-state index contributed by atoms with van der Waals surface area (Å²) >= 11 is 0. The van der Waals surface area contributed by atoms with Gasteiger partial charge in [-0.1, -0.05) is 18.2 Å². The number of aromatic nitrogens is 2. The minimum absolute atomic E-state index is 0.264. The molecule has 0 saturated carbocycles. The number of nitrogens with two attached hydrogens (primary N) is 1.